The van der Waals surface area contributed by atoms with Crippen molar-refractivity contribution in [2.45, 2.75) is 13.5 Å². The second kappa shape index (κ2) is 9.67. The highest BCUT2D eigenvalue weighted by molar-refractivity contribution is 7.18. The Morgan fingerprint density at radius 1 is 1.11 bits per heavy atom. The summed E-state index contributed by atoms with van der Waals surface area (Å²) in [4.78, 5) is 2.11. The van der Waals surface area contributed by atoms with Crippen molar-refractivity contribution in [1.29, 1.82) is 0 Å². The second-order valence-electron chi connectivity index (χ2n) is 6.51. The molecule has 0 unspecified atom stereocenters. The number of para-hydroxylation sites is 1. The molecule has 0 aliphatic carbocycles. The van der Waals surface area contributed by atoms with E-state index in [-0.39, 0.29) is 17.0 Å². The molecule has 2 nitrogen and oxygen atoms in total. The fraction of sp³-hybridized carbons (Fsp3) is 0.174. The first kappa shape index (κ1) is 21.1. The van der Waals surface area contributed by atoms with Crippen LogP contribution in [0.4, 0.5) is 5.69 Å². The molecule has 3 aromatic rings. The zero-order valence-corrected chi connectivity index (χ0v) is 18.4. The number of anilines is 1. The van der Waals surface area contributed by atoms with E-state index in [0.717, 1.165) is 6.54 Å². The van der Waals surface area contributed by atoms with Crippen LogP contribution >= 0.6 is 11.3 Å². The molecule has 0 aliphatic rings. The lowest BCUT2D eigenvalue weighted by Crippen LogP contribution is -3.00. The van der Waals surface area contributed by atoms with E-state index in [4.69, 9.17) is 0 Å². The lowest BCUT2D eigenvalue weighted by molar-refractivity contribution is -0.658. The molecule has 0 N–H and O–H groups in total. The summed E-state index contributed by atoms with van der Waals surface area (Å²) in [5.41, 5.74) is 4.91. The minimum atomic E-state index is 0. The molecule has 27 heavy (non-hydrogen) atoms. The monoisotopic (exact) mass is 440 g/mol. The van der Waals surface area contributed by atoms with E-state index >= 15 is 0 Å². The topological polar surface area (TPSA) is 7.12 Å². The van der Waals surface area contributed by atoms with Gasteiger partial charge in [-0.25, -0.2) is 0 Å². The van der Waals surface area contributed by atoms with Crippen molar-refractivity contribution in [3.8, 4) is 0 Å². The van der Waals surface area contributed by atoms with Crippen LogP contribution in [0.2, 0.25) is 0 Å². The van der Waals surface area contributed by atoms with Gasteiger partial charge in [0.05, 0.1) is 0 Å². The number of fused-ring (bicyclic) bond motifs is 1. The molecular formula is C23H25BrN2S. The lowest BCUT2D eigenvalue weighted by Gasteiger charge is -2.11. The number of nitrogens with zero attached hydrogens (tertiary/aromatic N) is 2. The summed E-state index contributed by atoms with van der Waals surface area (Å²) in [7, 11) is 4.11. The van der Waals surface area contributed by atoms with E-state index in [9.17, 15) is 0 Å². The number of hydrogen-bond donors (Lipinski definition) is 0. The van der Waals surface area contributed by atoms with Crippen LogP contribution in [0.25, 0.3) is 22.4 Å². The maximum absolute atomic E-state index is 3.90. The third-order valence-electron chi connectivity index (χ3n) is 4.25. The third kappa shape index (κ3) is 5.18. The normalized spacial score (nSPS) is 11.6. The number of thiazole rings is 1. The average molecular weight is 441 g/mol. The number of aromatic nitrogens is 1. The van der Waals surface area contributed by atoms with Gasteiger partial charge in [-0.1, -0.05) is 54.3 Å². The standard InChI is InChI=1S/C23H25N2S.BrH/c1-5-16-25-21-8-6-7-9-22(21)26-23(25)17-18(2)10-11-19-12-14-20(15-13-19)24(3)4;/h5-15,17H,1,16H2,2-4H3;1H/q+1;/p-1. The number of benzene rings is 2. The van der Waals surface area contributed by atoms with Crippen molar-refractivity contribution in [1.82, 2.24) is 0 Å². The summed E-state index contributed by atoms with van der Waals surface area (Å²) in [5, 5.41) is 1.25. The zero-order chi connectivity index (χ0) is 18.5. The van der Waals surface area contributed by atoms with Gasteiger partial charge in [0.1, 0.15) is 4.70 Å². The maximum Gasteiger partial charge on any atom is 0.263 e. The summed E-state index contributed by atoms with van der Waals surface area (Å²) in [6, 6.07) is 17.1. The Hall–Kier alpha value is -2.17. The van der Waals surface area contributed by atoms with Crippen LogP contribution in [-0.2, 0) is 6.54 Å². The molecule has 0 aliphatic heterocycles. The molecule has 2 aromatic carbocycles. The second-order valence-corrected chi connectivity index (χ2v) is 7.58. The van der Waals surface area contributed by atoms with Gasteiger partial charge in [-0.15, -0.1) is 0 Å². The van der Waals surface area contributed by atoms with Gasteiger partial charge in [0.25, 0.3) is 5.01 Å². The van der Waals surface area contributed by atoms with Gasteiger partial charge in [-0.05, 0) is 42.3 Å². The summed E-state index contributed by atoms with van der Waals surface area (Å²) in [6.45, 7) is 6.87. The zero-order valence-electron chi connectivity index (χ0n) is 16.0. The molecule has 0 radical (unpaired) electrons. The van der Waals surface area contributed by atoms with Crippen LogP contribution in [-0.4, -0.2) is 14.1 Å². The molecule has 0 spiro atoms. The quantitative estimate of drug-likeness (QED) is 0.324. The van der Waals surface area contributed by atoms with Crippen molar-refractivity contribution in [2.75, 3.05) is 19.0 Å². The van der Waals surface area contributed by atoms with Gasteiger partial charge in [-0.3, -0.25) is 0 Å². The Morgan fingerprint density at radius 2 is 1.81 bits per heavy atom. The first-order valence-corrected chi connectivity index (χ1v) is 9.56. The van der Waals surface area contributed by atoms with Crippen molar-refractivity contribution < 1.29 is 21.5 Å². The molecule has 0 amide bonds. The Morgan fingerprint density at radius 3 is 2.48 bits per heavy atom. The molecule has 0 saturated heterocycles. The number of halogens is 1. The SMILES string of the molecule is C=CC[n+]1c(/C=C(C)/C=C/c2ccc(N(C)C)cc2)sc2ccccc21.[Br-]. The predicted molar refractivity (Wildman–Crippen MR) is 116 cm³/mol. The smallest absolute Gasteiger partial charge is 0.263 e. The van der Waals surface area contributed by atoms with E-state index < -0.39 is 0 Å². The van der Waals surface area contributed by atoms with Gasteiger partial charge in [0.15, 0.2) is 6.54 Å². The fourth-order valence-corrected chi connectivity index (χ4v) is 4.01. The minimum absolute atomic E-state index is 0. The Kier molecular flexibility index (Phi) is 7.57. The number of allylic oxidation sites excluding steroid dienone is 3. The molecule has 3 rings (SSSR count). The number of hydrogen-bond acceptors (Lipinski definition) is 2. The van der Waals surface area contributed by atoms with Crippen LogP contribution in [0.1, 0.15) is 17.5 Å². The highest BCUT2D eigenvalue weighted by Crippen LogP contribution is 2.22. The van der Waals surface area contributed by atoms with Crippen LogP contribution in [0.3, 0.4) is 0 Å². The van der Waals surface area contributed by atoms with Crippen molar-refractivity contribution in [2.24, 2.45) is 0 Å². The lowest BCUT2D eigenvalue weighted by atomic mass is 10.1. The summed E-state index contributed by atoms with van der Waals surface area (Å²) >= 11 is 1.82. The van der Waals surface area contributed by atoms with E-state index in [1.54, 1.807) is 0 Å². The Bertz CT molecular complexity index is 966. The summed E-state index contributed by atoms with van der Waals surface area (Å²) in [5.74, 6) is 0. The van der Waals surface area contributed by atoms with Crippen molar-refractivity contribution in [3.63, 3.8) is 0 Å². The molecule has 0 fully saturated rings. The number of rotatable bonds is 6. The highest BCUT2D eigenvalue weighted by Gasteiger charge is 2.16. The largest absolute Gasteiger partial charge is 1.00 e. The first-order chi connectivity index (χ1) is 12.6. The van der Waals surface area contributed by atoms with Crippen molar-refractivity contribution >= 4 is 39.4 Å². The molecule has 4 heteroatoms. The minimum Gasteiger partial charge on any atom is -1.00 e. The summed E-state index contributed by atoms with van der Waals surface area (Å²) in [6.07, 6.45) is 8.54. The molecule has 0 saturated carbocycles. The van der Waals surface area contributed by atoms with Gasteiger partial charge in [0.2, 0.25) is 5.52 Å². The molecule has 140 valence electrons. The van der Waals surface area contributed by atoms with Gasteiger partial charge in [0, 0.05) is 31.9 Å². The Labute approximate surface area is 176 Å². The maximum atomic E-state index is 3.90. The van der Waals surface area contributed by atoms with Gasteiger partial charge < -0.3 is 21.9 Å². The molecular weight excluding hydrogens is 416 g/mol. The highest BCUT2D eigenvalue weighted by atomic mass is 79.9. The van der Waals surface area contributed by atoms with Gasteiger partial charge >= 0.3 is 0 Å². The Balaban J connectivity index is 0.00000261. The van der Waals surface area contributed by atoms with Crippen LogP contribution < -0.4 is 26.4 Å². The molecule has 0 atom stereocenters. The molecule has 1 heterocycles. The van der Waals surface area contributed by atoms with Crippen LogP contribution in [0.5, 0.6) is 0 Å². The van der Waals surface area contributed by atoms with Crippen LogP contribution in [0, 0.1) is 0 Å². The van der Waals surface area contributed by atoms with Gasteiger partial charge in [-0.2, -0.15) is 4.57 Å². The van der Waals surface area contributed by atoms with E-state index in [0.29, 0.717) is 0 Å². The molecule has 1 aromatic heterocycles. The van der Waals surface area contributed by atoms with Crippen LogP contribution in [0.15, 0.2) is 72.8 Å². The average Bonchev–Trinajstić information content (AvgIpc) is 2.98. The fourth-order valence-electron chi connectivity index (χ4n) is 2.83. The van der Waals surface area contributed by atoms with Crippen molar-refractivity contribution in [3.05, 3.63) is 83.4 Å². The van der Waals surface area contributed by atoms with E-state index in [2.05, 4.69) is 104 Å². The third-order valence-corrected chi connectivity index (χ3v) is 5.36. The molecule has 0 bridgehead atoms. The predicted octanol–water partition coefficient (Wildman–Crippen LogP) is 2.56. The van der Waals surface area contributed by atoms with E-state index in [1.165, 1.54) is 32.0 Å². The summed E-state index contributed by atoms with van der Waals surface area (Å²) < 4.78 is 3.62. The van der Waals surface area contributed by atoms with E-state index in [1.807, 2.05) is 17.4 Å². The first-order valence-electron chi connectivity index (χ1n) is 8.74.